The largest absolute Gasteiger partial charge is 0.490 e. The fourth-order valence-corrected chi connectivity index (χ4v) is 7.56. The van der Waals surface area contributed by atoms with Crippen molar-refractivity contribution in [3.8, 4) is 0 Å². The molecule has 6 atom stereocenters. The third kappa shape index (κ3) is 8.18. The molecule has 17 nitrogen and oxygen atoms in total. The van der Waals surface area contributed by atoms with Crippen LogP contribution in [-0.4, -0.2) is 69.6 Å². The average molecular weight is 597 g/mol. The maximum atomic E-state index is 12.1. The normalized spacial score (nSPS) is 25.4. The lowest BCUT2D eigenvalue weighted by molar-refractivity contribution is -0.0617. The molecule has 1 aliphatic rings. The molecule has 0 amide bonds. The molecule has 35 heavy (non-hydrogen) atoms. The summed E-state index contributed by atoms with van der Waals surface area (Å²) in [5.41, 5.74) is 6.22. The zero-order valence-electron chi connectivity index (χ0n) is 18.0. The molecule has 2 aromatic heterocycles. The van der Waals surface area contributed by atoms with Gasteiger partial charge < -0.3 is 34.8 Å². The Kier molecular flexibility index (Phi) is 9.44. The quantitative estimate of drug-likeness (QED) is 0.133. The van der Waals surface area contributed by atoms with Crippen molar-refractivity contribution in [1.82, 2.24) is 19.5 Å². The van der Waals surface area contributed by atoms with Gasteiger partial charge in [-0.25, -0.2) is 28.6 Å². The van der Waals surface area contributed by atoms with Gasteiger partial charge in [0.05, 0.1) is 19.0 Å². The van der Waals surface area contributed by atoms with E-state index < -0.39 is 48.5 Å². The number of phosphoric ester groups is 1. The molecule has 0 bridgehead atoms. The smallest absolute Gasteiger partial charge is 0.382 e. The summed E-state index contributed by atoms with van der Waals surface area (Å²) in [5, 5.41) is 0. The van der Waals surface area contributed by atoms with Crippen LogP contribution in [0.1, 0.15) is 19.6 Å². The maximum Gasteiger partial charge on any atom is 0.490 e. The Morgan fingerprint density at radius 1 is 1.20 bits per heavy atom. The number of nitrogen functional groups attached to an aromatic ring is 1. The molecule has 0 aromatic carbocycles. The molecule has 0 spiro atoms. The summed E-state index contributed by atoms with van der Waals surface area (Å²) in [6.45, 7) is 1.12. The predicted octanol–water partition coefficient (Wildman–Crippen LogP) is 1.78. The van der Waals surface area contributed by atoms with E-state index in [2.05, 4.69) is 23.6 Å². The first kappa shape index (κ1) is 28.9. The molecule has 198 valence electrons. The lowest BCUT2D eigenvalue weighted by Crippen LogP contribution is -2.30. The number of aromatic nitrogens is 4. The van der Waals surface area contributed by atoms with Crippen molar-refractivity contribution in [2.45, 2.75) is 37.2 Å². The Labute approximate surface area is 205 Å². The molecule has 2 aromatic rings. The van der Waals surface area contributed by atoms with E-state index in [1.54, 1.807) is 11.5 Å². The van der Waals surface area contributed by atoms with Crippen LogP contribution in [0.4, 0.5) is 5.82 Å². The van der Waals surface area contributed by atoms with Crippen LogP contribution in [0.25, 0.3) is 11.2 Å². The lowest BCUT2D eigenvalue weighted by atomic mass is 10.2. The molecule has 3 heterocycles. The first-order chi connectivity index (χ1) is 16.2. The van der Waals surface area contributed by atoms with Gasteiger partial charge in [0.15, 0.2) is 11.5 Å². The monoisotopic (exact) mass is 597 g/mol. The van der Waals surface area contributed by atoms with Crippen LogP contribution in [0.15, 0.2) is 12.7 Å². The summed E-state index contributed by atoms with van der Waals surface area (Å²) >= 11 is 0. The van der Waals surface area contributed by atoms with Crippen LogP contribution in [0, 0.1) is 0 Å². The summed E-state index contributed by atoms with van der Waals surface area (Å²) in [7, 11) is -13.6. The third-order valence-corrected chi connectivity index (χ3v) is 10.1. The summed E-state index contributed by atoms with van der Waals surface area (Å²) in [6.07, 6.45) is 2.40. The molecule has 1 saturated heterocycles. The van der Waals surface area contributed by atoms with Gasteiger partial charge in [0.2, 0.25) is 0 Å². The highest BCUT2D eigenvalue weighted by Crippen LogP contribution is 2.66. The van der Waals surface area contributed by atoms with Gasteiger partial charge in [-0.2, -0.15) is 8.62 Å². The van der Waals surface area contributed by atoms with Crippen molar-refractivity contribution in [3.05, 3.63) is 12.7 Å². The number of anilines is 1. The number of nitrogens with zero attached hydrogens (tertiary/aromatic N) is 4. The molecular weight excluding hydrogens is 575 g/mol. The van der Waals surface area contributed by atoms with Crippen LogP contribution in [-0.2, 0) is 36.3 Å². The molecule has 22 heteroatoms. The van der Waals surface area contributed by atoms with Gasteiger partial charge in [-0.1, -0.05) is 21.6 Å². The Morgan fingerprint density at radius 2 is 1.91 bits per heavy atom. The summed E-state index contributed by atoms with van der Waals surface area (Å²) in [6, 6.07) is 0. The van der Waals surface area contributed by atoms with E-state index in [0.717, 1.165) is 0 Å². The van der Waals surface area contributed by atoms with Gasteiger partial charge in [-0.3, -0.25) is 9.09 Å². The van der Waals surface area contributed by atoms with Crippen molar-refractivity contribution in [3.63, 3.8) is 0 Å². The van der Waals surface area contributed by atoms with Crippen molar-refractivity contribution in [1.29, 1.82) is 0 Å². The molecule has 6 N–H and O–H groups in total. The van der Waals surface area contributed by atoms with Gasteiger partial charge in [-0.05, 0) is 13.2 Å². The van der Waals surface area contributed by atoms with Crippen molar-refractivity contribution in [2.24, 2.45) is 0 Å². The van der Waals surface area contributed by atoms with Crippen molar-refractivity contribution < 1.29 is 55.9 Å². The van der Waals surface area contributed by atoms with Crippen LogP contribution in [0.5, 0.6) is 0 Å². The minimum Gasteiger partial charge on any atom is -0.382 e. The highest BCUT2D eigenvalue weighted by atomic mass is 33.1. The van der Waals surface area contributed by atoms with E-state index in [0.29, 0.717) is 11.2 Å². The van der Waals surface area contributed by atoms with E-state index in [1.807, 2.05) is 6.26 Å². The zero-order chi connectivity index (χ0) is 26.0. The van der Waals surface area contributed by atoms with Crippen LogP contribution < -0.4 is 5.73 Å². The topological polar surface area (TPSA) is 248 Å². The Morgan fingerprint density at radius 3 is 2.57 bits per heavy atom. The number of rotatable bonds is 12. The molecule has 0 aliphatic carbocycles. The minimum absolute atomic E-state index is 0.161. The second-order valence-electron chi connectivity index (χ2n) is 6.84. The molecule has 0 radical (unpaired) electrons. The fourth-order valence-electron chi connectivity index (χ4n) is 3.12. The minimum atomic E-state index is -5.65. The first-order valence-corrected chi connectivity index (χ1v) is 16.6. The highest BCUT2D eigenvalue weighted by Gasteiger charge is 2.44. The van der Waals surface area contributed by atoms with Gasteiger partial charge in [0.1, 0.15) is 29.6 Å². The van der Waals surface area contributed by atoms with Crippen molar-refractivity contribution in [2.75, 3.05) is 18.6 Å². The number of fused-ring (bicyclic) bond motifs is 1. The highest BCUT2D eigenvalue weighted by molar-refractivity contribution is 8.76. The zero-order valence-corrected chi connectivity index (χ0v) is 22.3. The molecular formula is C13H22N5O12P3S2. The second kappa shape index (κ2) is 11.4. The van der Waals surface area contributed by atoms with E-state index in [9.17, 15) is 23.5 Å². The molecule has 0 saturated carbocycles. The van der Waals surface area contributed by atoms with Crippen LogP contribution in [0.3, 0.4) is 0 Å². The number of ether oxygens (including phenoxy) is 2. The number of phosphoric acid groups is 3. The molecule has 3 unspecified atom stereocenters. The Hall–Kier alpha value is -0.620. The summed E-state index contributed by atoms with van der Waals surface area (Å²) < 4.78 is 60.1. The standard InChI is InChI=1S/C13H22N5O12P3S2/c1-7(35-34-2)27-8-3-10(18-6-17-11-12(14)15-5-16-13(11)18)28-9(8)4-26-32(22,23)30-33(24,25)29-31(19,20)21/h5-10H,3-4H2,1-2H3,(H,22,23)(H,24,25)(H2,14,15,16)(H2,19,20,21)/t7-,8?,9+,10+/m0/s1. The first-order valence-electron chi connectivity index (χ1n) is 9.41. The number of hydrogen-bond donors (Lipinski definition) is 5. The summed E-state index contributed by atoms with van der Waals surface area (Å²) in [4.78, 5) is 48.5. The summed E-state index contributed by atoms with van der Waals surface area (Å²) in [5.74, 6) is 0.161. The van der Waals surface area contributed by atoms with E-state index in [-0.39, 0.29) is 17.7 Å². The van der Waals surface area contributed by atoms with Crippen LogP contribution >= 0.6 is 45.1 Å². The Balaban J connectivity index is 1.75. The second-order valence-corrected chi connectivity index (χ2v) is 14.0. The number of imidazole rings is 1. The van der Waals surface area contributed by atoms with E-state index in [1.165, 1.54) is 34.2 Å². The molecule has 1 fully saturated rings. The molecule has 1 aliphatic heterocycles. The van der Waals surface area contributed by atoms with Crippen molar-refractivity contribution >= 4 is 62.0 Å². The number of hydrogen-bond acceptors (Lipinski definition) is 14. The fraction of sp³-hybridized carbons (Fsp3) is 0.615. The predicted molar refractivity (Wildman–Crippen MR) is 124 cm³/mol. The van der Waals surface area contributed by atoms with Crippen LogP contribution in [0.2, 0.25) is 0 Å². The van der Waals surface area contributed by atoms with Gasteiger partial charge in [0.25, 0.3) is 0 Å². The van der Waals surface area contributed by atoms with E-state index in [4.69, 9.17) is 29.5 Å². The van der Waals surface area contributed by atoms with Gasteiger partial charge in [-0.15, -0.1) is 0 Å². The van der Waals surface area contributed by atoms with Gasteiger partial charge >= 0.3 is 23.5 Å². The third-order valence-electron chi connectivity index (χ3n) is 4.29. The Bertz CT molecular complexity index is 1180. The molecule has 3 rings (SSSR count). The van der Waals surface area contributed by atoms with Gasteiger partial charge in [0, 0.05) is 6.42 Å². The average Bonchev–Trinajstić information content (AvgIpc) is 3.28. The lowest BCUT2D eigenvalue weighted by Gasteiger charge is -2.23. The van der Waals surface area contributed by atoms with E-state index >= 15 is 0 Å². The SMILES string of the molecule is CSS[C@@H](C)OC1C[C@H](n2cnc3c(N)ncnc32)O[C@@H]1COP(=O)(O)OP(=O)(O)OP(=O)(O)O. The number of nitrogens with two attached hydrogens (primary N) is 1. The maximum absolute atomic E-state index is 12.1.